The average Bonchev–Trinajstić information content (AvgIpc) is 2.45. The monoisotopic (exact) mass is 253 g/mol. The van der Waals surface area contributed by atoms with Gasteiger partial charge in [0.15, 0.2) is 0 Å². The molecule has 94 valence electrons. The maximum atomic E-state index is 11.9. The number of nitrogens with zero attached hydrogens (tertiary/aromatic N) is 1. The molecule has 0 bridgehead atoms. The Bertz CT molecular complexity index is 671. The molecule has 2 aromatic rings. The summed E-state index contributed by atoms with van der Waals surface area (Å²) in [6.45, 7) is 0. The van der Waals surface area contributed by atoms with Gasteiger partial charge >= 0.3 is 0 Å². The first-order valence-electron chi connectivity index (χ1n) is 5.65. The highest BCUT2D eigenvalue weighted by Gasteiger charge is 2.15. The zero-order valence-corrected chi connectivity index (χ0v) is 9.96. The van der Waals surface area contributed by atoms with Crippen molar-refractivity contribution in [3.63, 3.8) is 0 Å². The molecule has 19 heavy (non-hydrogen) atoms. The third kappa shape index (κ3) is 3.07. The Morgan fingerprint density at radius 3 is 2.53 bits per heavy atom. The molecule has 2 N–H and O–H groups in total. The second-order valence-corrected chi connectivity index (χ2v) is 3.87. The van der Waals surface area contributed by atoms with E-state index < -0.39 is 11.9 Å². The van der Waals surface area contributed by atoms with Crippen LogP contribution in [0.5, 0.6) is 0 Å². The molecule has 5 heteroatoms. The summed E-state index contributed by atoms with van der Waals surface area (Å²) >= 11 is 0. The summed E-state index contributed by atoms with van der Waals surface area (Å²) in [4.78, 5) is 25.4. The lowest BCUT2D eigenvalue weighted by atomic mass is 10.1. The van der Waals surface area contributed by atoms with E-state index in [0.29, 0.717) is 5.56 Å². The minimum atomic E-state index is -0.752. The lowest BCUT2D eigenvalue weighted by Gasteiger charge is -2.11. The standard InChI is InChI=1S/C14H11N3O2/c15-9-12(10-5-2-1-3-6-10)17-14(19)11-7-4-8-13(18)16-11/h1-8,12H,(H,16,18)(H,17,19). The normalized spacial score (nSPS) is 11.3. The van der Waals surface area contributed by atoms with Crippen LogP contribution in [-0.4, -0.2) is 10.9 Å². The van der Waals surface area contributed by atoms with Crippen molar-refractivity contribution >= 4 is 5.91 Å². The number of H-pyrrole nitrogens is 1. The molecule has 0 aliphatic rings. The summed E-state index contributed by atoms with van der Waals surface area (Å²) in [6, 6.07) is 14.4. The Kier molecular flexibility index (Phi) is 3.74. The lowest BCUT2D eigenvalue weighted by Crippen LogP contribution is -2.29. The van der Waals surface area contributed by atoms with Gasteiger partial charge in [-0.1, -0.05) is 36.4 Å². The molecule has 0 fully saturated rings. The highest BCUT2D eigenvalue weighted by Crippen LogP contribution is 2.11. The number of benzene rings is 1. The summed E-state index contributed by atoms with van der Waals surface area (Å²) in [5, 5.41) is 11.6. The van der Waals surface area contributed by atoms with Gasteiger partial charge in [0.1, 0.15) is 11.7 Å². The molecule has 2 rings (SSSR count). The van der Waals surface area contributed by atoms with Gasteiger partial charge < -0.3 is 10.3 Å². The summed E-state index contributed by atoms with van der Waals surface area (Å²) in [7, 11) is 0. The van der Waals surface area contributed by atoms with Gasteiger partial charge in [-0.2, -0.15) is 5.26 Å². The summed E-state index contributed by atoms with van der Waals surface area (Å²) < 4.78 is 0. The van der Waals surface area contributed by atoms with Gasteiger partial charge in [0.05, 0.1) is 6.07 Å². The fourth-order valence-corrected chi connectivity index (χ4v) is 1.62. The van der Waals surface area contributed by atoms with Crippen molar-refractivity contribution in [1.29, 1.82) is 5.26 Å². The van der Waals surface area contributed by atoms with Crippen LogP contribution in [-0.2, 0) is 0 Å². The molecule has 0 saturated carbocycles. The molecule has 0 radical (unpaired) electrons. The fourth-order valence-electron chi connectivity index (χ4n) is 1.62. The molecule has 1 amide bonds. The first kappa shape index (κ1) is 12.6. The predicted octanol–water partition coefficient (Wildman–Crippen LogP) is 1.37. The molecule has 0 aliphatic carbocycles. The third-order valence-electron chi connectivity index (χ3n) is 2.55. The lowest BCUT2D eigenvalue weighted by molar-refractivity contribution is 0.0940. The number of carbonyl (C=O) groups is 1. The van der Waals surface area contributed by atoms with Gasteiger partial charge in [0.2, 0.25) is 5.56 Å². The molecule has 0 spiro atoms. The van der Waals surface area contributed by atoms with E-state index in [1.165, 1.54) is 18.2 Å². The van der Waals surface area contributed by atoms with E-state index in [9.17, 15) is 9.59 Å². The Hall–Kier alpha value is -2.87. The van der Waals surface area contributed by atoms with Crippen LogP contribution in [0, 0.1) is 11.3 Å². The first-order valence-corrected chi connectivity index (χ1v) is 5.65. The predicted molar refractivity (Wildman–Crippen MR) is 69.3 cm³/mol. The summed E-state index contributed by atoms with van der Waals surface area (Å²) in [5.74, 6) is -0.492. The number of nitriles is 1. The van der Waals surface area contributed by atoms with Gasteiger partial charge in [-0.25, -0.2) is 0 Å². The van der Waals surface area contributed by atoms with Crippen molar-refractivity contribution in [3.8, 4) is 6.07 Å². The summed E-state index contributed by atoms with van der Waals surface area (Å²) in [6.07, 6.45) is 0. The number of hydrogen-bond acceptors (Lipinski definition) is 3. The van der Waals surface area contributed by atoms with E-state index in [2.05, 4.69) is 10.3 Å². The van der Waals surface area contributed by atoms with Crippen molar-refractivity contribution in [2.45, 2.75) is 6.04 Å². The second kappa shape index (κ2) is 5.65. The Balaban J connectivity index is 2.18. The largest absolute Gasteiger partial charge is 0.331 e. The van der Waals surface area contributed by atoms with Gasteiger partial charge in [-0.05, 0) is 11.6 Å². The van der Waals surface area contributed by atoms with E-state index in [1.807, 2.05) is 12.1 Å². The van der Waals surface area contributed by atoms with Gasteiger partial charge in [0.25, 0.3) is 5.91 Å². The average molecular weight is 253 g/mol. The van der Waals surface area contributed by atoms with Crippen LogP contribution in [0.3, 0.4) is 0 Å². The Labute approximate surface area is 109 Å². The van der Waals surface area contributed by atoms with Crippen LogP contribution < -0.4 is 10.9 Å². The number of rotatable bonds is 3. The van der Waals surface area contributed by atoms with Crippen molar-refractivity contribution in [2.75, 3.05) is 0 Å². The number of aromatic amines is 1. The molecule has 5 nitrogen and oxygen atoms in total. The molecule has 1 unspecified atom stereocenters. The number of hydrogen-bond donors (Lipinski definition) is 2. The highest BCUT2D eigenvalue weighted by molar-refractivity contribution is 5.92. The number of pyridine rings is 1. The topological polar surface area (TPSA) is 85.8 Å². The first-order chi connectivity index (χ1) is 9.20. The van der Waals surface area contributed by atoms with Gasteiger partial charge in [-0.15, -0.1) is 0 Å². The molecule has 1 aromatic carbocycles. The van der Waals surface area contributed by atoms with Crippen LogP contribution in [0.25, 0.3) is 0 Å². The van der Waals surface area contributed by atoms with Gasteiger partial charge in [-0.3, -0.25) is 9.59 Å². The fraction of sp³-hybridized carbons (Fsp3) is 0.0714. The molecular weight excluding hydrogens is 242 g/mol. The maximum Gasteiger partial charge on any atom is 0.269 e. The number of aromatic nitrogens is 1. The number of nitrogens with one attached hydrogen (secondary N) is 2. The van der Waals surface area contributed by atoms with Crippen LogP contribution in [0.1, 0.15) is 22.1 Å². The van der Waals surface area contributed by atoms with E-state index in [1.54, 1.807) is 24.3 Å². The minimum Gasteiger partial charge on any atom is -0.331 e. The van der Waals surface area contributed by atoms with Crippen LogP contribution in [0.15, 0.2) is 53.3 Å². The van der Waals surface area contributed by atoms with E-state index in [-0.39, 0.29) is 11.3 Å². The maximum absolute atomic E-state index is 11.9. The zero-order chi connectivity index (χ0) is 13.7. The quantitative estimate of drug-likeness (QED) is 0.866. The minimum absolute atomic E-state index is 0.128. The molecule has 1 heterocycles. The van der Waals surface area contributed by atoms with E-state index >= 15 is 0 Å². The molecule has 0 saturated heterocycles. The number of amides is 1. The second-order valence-electron chi connectivity index (χ2n) is 3.87. The molecular formula is C14H11N3O2. The van der Waals surface area contributed by atoms with Crippen LogP contribution in [0.4, 0.5) is 0 Å². The number of carbonyl (C=O) groups excluding carboxylic acids is 1. The summed E-state index contributed by atoms with van der Waals surface area (Å²) in [5.41, 5.74) is 0.459. The Morgan fingerprint density at radius 1 is 1.16 bits per heavy atom. The van der Waals surface area contributed by atoms with Gasteiger partial charge in [0, 0.05) is 6.07 Å². The zero-order valence-electron chi connectivity index (χ0n) is 9.96. The molecule has 1 aromatic heterocycles. The molecule has 0 aliphatic heterocycles. The van der Waals surface area contributed by atoms with E-state index in [0.717, 1.165) is 0 Å². The highest BCUT2D eigenvalue weighted by atomic mass is 16.2. The van der Waals surface area contributed by atoms with Crippen molar-refractivity contribution in [2.24, 2.45) is 0 Å². The van der Waals surface area contributed by atoms with Crippen molar-refractivity contribution < 1.29 is 4.79 Å². The van der Waals surface area contributed by atoms with Crippen LogP contribution >= 0.6 is 0 Å². The van der Waals surface area contributed by atoms with Crippen LogP contribution in [0.2, 0.25) is 0 Å². The third-order valence-corrected chi connectivity index (χ3v) is 2.55. The van der Waals surface area contributed by atoms with E-state index in [4.69, 9.17) is 5.26 Å². The SMILES string of the molecule is N#CC(NC(=O)c1cccc(=O)[nH]1)c1ccccc1. The molecule has 1 atom stereocenters. The van der Waals surface area contributed by atoms with Crippen molar-refractivity contribution in [3.05, 3.63) is 70.1 Å². The van der Waals surface area contributed by atoms with Crippen molar-refractivity contribution in [1.82, 2.24) is 10.3 Å². The Morgan fingerprint density at radius 2 is 1.89 bits per heavy atom. The smallest absolute Gasteiger partial charge is 0.269 e.